The van der Waals surface area contributed by atoms with Crippen molar-refractivity contribution >= 4 is 60.1 Å². The summed E-state index contributed by atoms with van der Waals surface area (Å²) in [4.78, 5) is 33.0. The molecule has 2 aliphatic rings. The fraction of sp³-hybridized carbons (Fsp3) is 0.179. The van der Waals surface area contributed by atoms with Crippen LogP contribution in [0.25, 0.3) is 16.0 Å². The van der Waals surface area contributed by atoms with Gasteiger partial charge < -0.3 is 14.6 Å². The number of ketones is 1. The molecule has 7 nitrogen and oxygen atoms in total. The van der Waals surface area contributed by atoms with Crippen molar-refractivity contribution in [2.75, 3.05) is 18.1 Å². The molecule has 0 saturated carbocycles. The van der Waals surface area contributed by atoms with Crippen LogP contribution < -0.4 is 14.4 Å². The minimum atomic E-state index is -0.854. The fourth-order valence-electron chi connectivity index (χ4n) is 4.62. The molecule has 4 aromatic rings. The second-order valence-corrected chi connectivity index (χ2v) is 10.7. The molecule has 6 rings (SSSR count). The number of ether oxygens (including phenoxy) is 2. The number of aromatic nitrogens is 1. The van der Waals surface area contributed by atoms with Crippen LogP contribution in [0.4, 0.5) is 5.13 Å². The number of hydrogen-bond donors (Lipinski definition) is 1. The number of fused-ring (bicyclic) bond motifs is 2. The number of hydrogen-bond acceptors (Lipinski definition) is 7. The predicted octanol–water partition coefficient (Wildman–Crippen LogP) is 6.02. The van der Waals surface area contributed by atoms with Crippen LogP contribution in [0.2, 0.25) is 0 Å². The molecule has 1 amide bonds. The number of thiazole rings is 1. The summed E-state index contributed by atoms with van der Waals surface area (Å²) in [5, 5.41) is 11.8. The molecule has 37 heavy (non-hydrogen) atoms. The Morgan fingerprint density at radius 2 is 1.81 bits per heavy atom. The van der Waals surface area contributed by atoms with Crippen molar-refractivity contribution in [3.05, 3.63) is 87.4 Å². The van der Waals surface area contributed by atoms with E-state index in [-0.39, 0.29) is 11.3 Å². The average Bonchev–Trinajstić information content (AvgIpc) is 3.46. The van der Waals surface area contributed by atoms with Crippen molar-refractivity contribution in [2.45, 2.75) is 19.4 Å². The van der Waals surface area contributed by atoms with Crippen LogP contribution in [0.1, 0.15) is 29.7 Å². The molecule has 0 aliphatic carbocycles. The summed E-state index contributed by atoms with van der Waals surface area (Å²) >= 11 is 4.80. The monoisotopic (exact) mass is 576 g/mol. The van der Waals surface area contributed by atoms with E-state index in [1.807, 2.05) is 36.4 Å². The summed E-state index contributed by atoms with van der Waals surface area (Å²) in [5.41, 5.74) is 2.95. The van der Waals surface area contributed by atoms with E-state index in [1.165, 1.54) is 16.2 Å². The zero-order valence-corrected chi connectivity index (χ0v) is 22.1. The number of aliphatic hydroxyl groups excluding tert-OH is 1. The average molecular weight is 577 g/mol. The first-order valence-corrected chi connectivity index (χ1v) is 13.4. The number of Topliss-reactive ketones (excluding diaryl/α,β-unsaturated/α-hetero) is 1. The number of aryl methyl sites for hydroxylation is 1. The summed E-state index contributed by atoms with van der Waals surface area (Å²) in [7, 11) is 0. The minimum Gasteiger partial charge on any atom is -0.507 e. The Kier molecular flexibility index (Phi) is 5.97. The molecule has 3 heterocycles. The van der Waals surface area contributed by atoms with Crippen LogP contribution >= 0.6 is 27.3 Å². The maximum absolute atomic E-state index is 13.5. The van der Waals surface area contributed by atoms with Crippen molar-refractivity contribution in [1.29, 1.82) is 0 Å². The molecule has 1 saturated heterocycles. The van der Waals surface area contributed by atoms with Gasteiger partial charge in [-0.3, -0.25) is 14.5 Å². The smallest absolute Gasteiger partial charge is 0.301 e. The molecule has 1 atom stereocenters. The number of carbonyl (C=O) groups excluding carboxylic acids is 2. The summed E-state index contributed by atoms with van der Waals surface area (Å²) < 4.78 is 13.0. The zero-order chi connectivity index (χ0) is 25.7. The fourth-order valence-corrected chi connectivity index (χ4v) is 5.94. The summed E-state index contributed by atoms with van der Waals surface area (Å²) in [6.07, 6.45) is 0.877. The van der Waals surface area contributed by atoms with Crippen LogP contribution in [0.3, 0.4) is 0 Å². The summed E-state index contributed by atoms with van der Waals surface area (Å²) in [5.74, 6) is -0.744. The van der Waals surface area contributed by atoms with Gasteiger partial charge in [-0.15, -0.1) is 0 Å². The number of anilines is 1. The van der Waals surface area contributed by atoms with E-state index >= 15 is 0 Å². The van der Waals surface area contributed by atoms with Gasteiger partial charge in [-0.05, 0) is 60.0 Å². The number of carbonyl (C=O) groups is 2. The number of aliphatic hydroxyl groups is 1. The maximum Gasteiger partial charge on any atom is 0.301 e. The lowest BCUT2D eigenvalue weighted by molar-refractivity contribution is -0.132. The first-order chi connectivity index (χ1) is 17.9. The van der Waals surface area contributed by atoms with Crippen LogP contribution in [-0.2, 0) is 16.0 Å². The van der Waals surface area contributed by atoms with Gasteiger partial charge >= 0.3 is 5.91 Å². The van der Waals surface area contributed by atoms with Crippen molar-refractivity contribution in [2.24, 2.45) is 0 Å². The topological polar surface area (TPSA) is 89.0 Å². The van der Waals surface area contributed by atoms with Gasteiger partial charge in [0.25, 0.3) is 5.78 Å². The maximum atomic E-state index is 13.5. The van der Waals surface area contributed by atoms with Gasteiger partial charge in [0.05, 0.1) is 21.8 Å². The molecule has 2 aliphatic heterocycles. The van der Waals surface area contributed by atoms with Crippen LogP contribution in [0.5, 0.6) is 11.5 Å². The van der Waals surface area contributed by atoms with Crippen LogP contribution in [0, 0.1) is 0 Å². The molecule has 1 aromatic heterocycles. The Bertz CT molecular complexity index is 1590. The molecule has 0 bridgehead atoms. The summed E-state index contributed by atoms with van der Waals surface area (Å²) in [6, 6.07) is 17.4. The van der Waals surface area contributed by atoms with Gasteiger partial charge in [0, 0.05) is 10.0 Å². The number of benzene rings is 3. The van der Waals surface area contributed by atoms with Gasteiger partial charge in [0.1, 0.15) is 19.0 Å². The second-order valence-electron chi connectivity index (χ2n) is 8.73. The first kappa shape index (κ1) is 23.7. The highest BCUT2D eigenvalue weighted by atomic mass is 79.9. The van der Waals surface area contributed by atoms with E-state index < -0.39 is 17.7 Å². The van der Waals surface area contributed by atoms with E-state index in [1.54, 1.807) is 18.2 Å². The van der Waals surface area contributed by atoms with E-state index in [2.05, 4.69) is 28.9 Å². The molecule has 186 valence electrons. The normalized spacial score (nSPS) is 18.5. The van der Waals surface area contributed by atoms with E-state index in [4.69, 9.17) is 14.5 Å². The van der Waals surface area contributed by atoms with Crippen molar-refractivity contribution in [1.82, 2.24) is 4.98 Å². The van der Waals surface area contributed by atoms with Gasteiger partial charge in [-0.2, -0.15) is 0 Å². The molecule has 1 N–H and O–H groups in total. The summed E-state index contributed by atoms with van der Waals surface area (Å²) in [6.45, 7) is 2.90. The van der Waals surface area contributed by atoms with Gasteiger partial charge in [0.15, 0.2) is 16.6 Å². The lowest BCUT2D eigenvalue weighted by Crippen LogP contribution is -2.29. The van der Waals surface area contributed by atoms with Gasteiger partial charge in [0.2, 0.25) is 0 Å². The zero-order valence-electron chi connectivity index (χ0n) is 19.7. The number of rotatable bonds is 4. The Morgan fingerprint density at radius 3 is 2.57 bits per heavy atom. The van der Waals surface area contributed by atoms with Crippen molar-refractivity contribution < 1.29 is 24.2 Å². The highest BCUT2D eigenvalue weighted by molar-refractivity contribution is 9.10. The van der Waals surface area contributed by atoms with E-state index in [9.17, 15) is 14.7 Å². The molecular formula is C28H21BrN2O5S. The number of nitrogens with zero attached hydrogens (tertiary/aromatic N) is 2. The van der Waals surface area contributed by atoms with Crippen molar-refractivity contribution in [3.8, 4) is 11.5 Å². The number of halogens is 1. The Morgan fingerprint density at radius 1 is 1.05 bits per heavy atom. The van der Waals surface area contributed by atoms with E-state index in [0.717, 1.165) is 26.7 Å². The highest BCUT2D eigenvalue weighted by Gasteiger charge is 2.48. The van der Waals surface area contributed by atoms with Crippen LogP contribution in [-0.4, -0.2) is 35.0 Å². The lowest BCUT2D eigenvalue weighted by atomic mass is 9.95. The third-order valence-electron chi connectivity index (χ3n) is 6.50. The Labute approximate surface area is 225 Å². The van der Waals surface area contributed by atoms with Crippen molar-refractivity contribution in [3.63, 3.8) is 0 Å². The SMILES string of the molecule is CCc1ccc2nc(N3C(=O)C(=O)/C(=C(/O)c4ccc5c(c4)OCCO5)C3c3ccc(Br)cc3)sc2c1. The van der Waals surface area contributed by atoms with E-state index in [0.29, 0.717) is 41.0 Å². The molecule has 1 unspecified atom stereocenters. The van der Waals surface area contributed by atoms with Gasteiger partial charge in [-0.1, -0.05) is 52.4 Å². The van der Waals surface area contributed by atoms with Crippen LogP contribution in [0.15, 0.2) is 70.7 Å². The third kappa shape index (κ3) is 4.08. The molecule has 0 radical (unpaired) electrons. The lowest BCUT2D eigenvalue weighted by Gasteiger charge is -2.23. The standard InChI is InChI=1S/C28H21BrN2O5S/c1-2-15-3-9-19-22(13-15)37-28(30-19)31-24(16-4-7-18(29)8-5-16)23(26(33)27(31)34)25(32)17-6-10-20-21(14-17)36-12-11-35-20/h3-10,13-14,24,32H,2,11-12H2,1H3/b25-23+. The van der Waals surface area contributed by atoms with Gasteiger partial charge in [-0.25, -0.2) is 4.98 Å². The number of amides is 1. The third-order valence-corrected chi connectivity index (χ3v) is 8.05. The Balaban J connectivity index is 1.52. The first-order valence-electron chi connectivity index (χ1n) is 11.8. The molecule has 9 heteroatoms. The Hall–Kier alpha value is -3.69. The minimum absolute atomic E-state index is 0.00231. The highest BCUT2D eigenvalue weighted by Crippen LogP contribution is 2.45. The predicted molar refractivity (Wildman–Crippen MR) is 145 cm³/mol. The largest absolute Gasteiger partial charge is 0.507 e. The molecule has 0 spiro atoms. The quantitative estimate of drug-likeness (QED) is 0.181. The molecular weight excluding hydrogens is 556 g/mol. The molecule has 1 fully saturated rings. The second kappa shape index (κ2) is 9.32. The molecule has 3 aromatic carbocycles.